The lowest BCUT2D eigenvalue weighted by molar-refractivity contribution is -0.127. The van der Waals surface area contributed by atoms with E-state index in [2.05, 4.69) is 10.6 Å². The summed E-state index contributed by atoms with van der Waals surface area (Å²) < 4.78 is 5.39. The zero-order valence-corrected chi connectivity index (χ0v) is 11.2. The fourth-order valence-electron chi connectivity index (χ4n) is 1.82. The fraction of sp³-hybridized carbons (Fsp3) is 0.462. The molecule has 0 bridgehead atoms. The van der Waals surface area contributed by atoms with Gasteiger partial charge in [0.15, 0.2) is 0 Å². The topological polar surface area (TPSA) is 50.4 Å². The molecule has 100 valence electrons. The average molecular weight is 271 g/mol. The van der Waals surface area contributed by atoms with Gasteiger partial charge in [-0.1, -0.05) is 30.3 Å². The molecule has 0 spiro atoms. The SMILES string of the molecule is COC(CNC(=O)C1CNC1)c1ccccc1.Cl. The molecule has 2 rings (SSSR count). The molecule has 5 heteroatoms. The molecule has 1 aliphatic rings. The van der Waals surface area contributed by atoms with Crippen molar-refractivity contribution in [3.8, 4) is 0 Å². The number of benzene rings is 1. The van der Waals surface area contributed by atoms with Gasteiger partial charge in [-0.15, -0.1) is 12.4 Å². The van der Waals surface area contributed by atoms with Crippen molar-refractivity contribution < 1.29 is 9.53 Å². The molecule has 1 unspecified atom stereocenters. The molecule has 1 atom stereocenters. The Labute approximate surface area is 114 Å². The summed E-state index contributed by atoms with van der Waals surface area (Å²) in [6, 6.07) is 9.92. The first-order chi connectivity index (χ1) is 8.31. The van der Waals surface area contributed by atoms with Crippen LogP contribution in [0.25, 0.3) is 0 Å². The van der Waals surface area contributed by atoms with Gasteiger partial charge in [-0.05, 0) is 5.56 Å². The second-order valence-electron chi connectivity index (χ2n) is 4.24. The molecule has 1 amide bonds. The Balaban J connectivity index is 0.00000162. The van der Waals surface area contributed by atoms with Crippen LogP contribution in [0.15, 0.2) is 30.3 Å². The lowest BCUT2D eigenvalue weighted by Crippen LogP contribution is -2.51. The van der Waals surface area contributed by atoms with Gasteiger partial charge >= 0.3 is 0 Å². The minimum atomic E-state index is -0.0758. The summed E-state index contributed by atoms with van der Waals surface area (Å²) in [6.45, 7) is 2.10. The number of methoxy groups -OCH3 is 1. The Morgan fingerprint density at radius 1 is 1.44 bits per heavy atom. The van der Waals surface area contributed by atoms with Crippen molar-refractivity contribution in [3.63, 3.8) is 0 Å². The summed E-state index contributed by atoms with van der Waals surface area (Å²) in [5.74, 6) is 0.241. The van der Waals surface area contributed by atoms with Crippen LogP contribution < -0.4 is 10.6 Å². The maximum Gasteiger partial charge on any atom is 0.225 e. The Morgan fingerprint density at radius 3 is 2.61 bits per heavy atom. The van der Waals surface area contributed by atoms with Crippen molar-refractivity contribution in [3.05, 3.63) is 35.9 Å². The number of rotatable bonds is 5. The monoisotopic (exact) mass is 270 g/mol. The molecule has 1 aliphatic heterocycles. The van der Waals surface area contributed by atoms with E-state index in [1.54, 1.807) is 7.11 Å². The number of amides is 1. The molecular formula is C13H19ClN2O2. The Kier molecular flexibility index (Phi) is 6.12. The summed E-state index contributed by atoms with van der Waals surface area (Å²) in [5.41, 5.74) is 1.09. The first-order valence-corrected chi connectivity index (χ1v) is 5.87. The minimum Gasteiger partial charge on any atom is -0.375 e. The molecule has 1 fully saturated rings. The Hall–Kier alpha value is -1.10. The number of halogens is 1. The zero-order chi connectivity index (χ0) is 12.1. The van der Waals surface area contributed by atoms with Crippen molar-refractivity contribution >= 4 is 18.3 Å². The quantitative estimate of drug-likeness (QED) is 0.843. The Morgan fingerprint density at radius 2 is 2.11 bits per heavy atom. The van der Waals surface area contributed by atoms with Crippen molar-refractivity contribution in [1.82, 2.24) is 10.6 Å². The molecule has 4 nitrogen and oxygen atoms in total. The molecule has 1 heterocycles. The van der Waals surface area contributed by atoms with Gasteiger partial charge in [0.1, 0.15) is 0 Å². The molecule has 1 saturated heterocycles. The lowest BCUT2D eigenvalue weighted by atomic mass is 10.0. The van der Waals surface area contributed by atoms with Crippen molar-refractivity contribution in [2.24, 2.45) is 5.92 Å². The second kappa shape index (κ2) is 7.36. The van der Waals surface area contributed by atoms with E-state index < -0.39 is 0 Å². The minimum absolute atomic E-state index is 0. The zero-order valence-electron chi connectivity index (χ0n) is 10.4. The number of carbonyl (C=O) groups is 1. The number of ether oxygens (including phenoxy) is 1. The van der Waals surface area contributed by atoms with Crippen molar-refractivity contribution in [1.29, 1.82) is 0 Å². The summed E-state index contributed by atoms with van der Waals surface area (Å²) in [4.78, 5) is 11.7. The van der Waals surface area contributed by atoms with E-state index >= 15 is 0 Å². The summed E-state index contributed by atoms with van der Waals surface area (Å²) >= 11 is 0. The first kappa shape index (κ1) is 15.0. The largest absolute Gasteiger partial charge is 0.375 e. The molecule has 1 aromatic rings. The van der Waals surface area contributed by atoms with Crippen LogP contribution in [0.4, 0.5) is 0 Å². The summed E-state index contributed by atoms with van der Waals surface area (Å²) in [5, 5.41) is 6.01. The van der Waals surface area contributed by atoms with Gasteiger partial charge in [0.05, 0.1) is 12.0 Å². The molecule has 18 heavy (non-hydrogen) atoms. The third-order valence-corrected chi connectivity index (χ3v) is 3.07. The van der Waals surface area contributed by atoms with Gasteiger partial charge in [-0.2, -0.15) is 0 Å². The highest BCUT2D eigenvalue weighted by Gasteiger charge is 2.25. The van der Waals surface area contributed by atoms with Gasteiger partial charge in [-0.3, -0.25) is 4.79 Å². The fourth-order valence-corrected chi connectivity index (χ4v) is 1.82. The number of carbonyl (C=O) groups excluding carboxylic acids is 1. The van der Waals surface area contributed by atoms with Gasteiger partial charge in [0.2, 0.25) is 5.91 Å². The van der Waals surface area contributed by atoms with Crippen LogP contribution in [0.5, 0.6) is 0 Å². The molecule has 0 aromatic heterocycles. The van der Waals surface area contributed by atoms with E-state index in [0.29, 0.717) is 6.54 Å². The van der Waals surface area contributed by atoms with E-state index in [9.17, 15) is 4.79 Å². The average Bonchev–Trinajstić information content (AvgIpc) is 2.29. The highest BCUT2D eigenvalue weighted by molar-refractivity contribution is 5.85. The molecule has 0 aliphatic carbocycles. The van der Waals surface area contributed by atoms with Crippen LogP contribution >= 0.6 is 12.4 Å². The predicted octanol–water partition coefficient (Wildman–Crippen LogP) is 1.13. The van der Waals surface area contributed by atoms with Gasteiger partial charge in [-0.25, -0.2) is 0 Å². The van der Waals surface area contributed by atoms with E-state index in [4.69, 9.17) is 4.74 Å². The van der Waals surface area contributed by atoms with E-state index in [0.717, 1.165) is 18.7 Å². The van der Waals surface area contributed by atoms with Crippen LogP contribution in [0.1, 0.15) is 11.7 Å². The van der Waals surface area contributed by atoms with Crippen LogP contribution in [0.3, 0.4) is 0 Å². The van der Waals surface area contributed by atoms with Gasteiger partial charge in [0, 0.05) is 26.7 Å². The molecule has 2 N–H and O–H groups in total. The standard InChI is InChI=1S/C13H18N2O2.ClH/c1-17-12(10-5-3-2-4-6-10)9-15-13(16)11-7-14-8-11;/h2-6,11-12,14H,7-9H2,1H3,(H,15,16);1H. The molecule has 0 saturated carbocycles. The lowest BCUT2D eigenvalue weighted by Gasteiger charge is -2.26. The number of hydrogen-bond donors (Lipinski definition) is 2. The van der Waals surface area contributed by atoms with Crippen molar-refractivity contribution in [2.45, 2.75) is 6.10 Å². The molecule has 0 radical (unpaired) electrons. The maximum atomic E-state index is 11.7. The molecule has 1 aromatic carbocycles. The van der Waals surface area contributed by atoms with Gasteiger partial charge < -0.3 is 15.4 Å². The normalized spacial score (nSPS) is 16.3. The third-order valence-electron chi connectivity index (χ3n) is 3.07. The summed E-state index contributed by atoms with van der Waals surface area (Å²) in [6.07, 6.45) is -0.0758. The number of hydrogen-bond acceptors (Lipinski definition) is 3. The van der Waals surface area contributed by atoms with E-state index in [1.165, 1.54) is 0 Å². The van der Waals surface area contributed by atoms with Crippen LogP contribution in [-0.2, 0) is 9.53 Å². The number of nitrogens with one attached hydrogen (secondary N) is 2. The Bertz CT molecular complexity index is 369. The van der Waals surface area contributed by atoms with E-state index in [-0.39, 0.29) is 30.3 Å². The van der Waals surface area contributed by atoms with Crippen LogP contribution in [0.2, 0.25) is 0 Å². The third kappa shape index (κ3) is 3.70. The molecular weight excluding hydrogens is 252 g/mol. The predicted molar refractivity (Wildman–Crippen MR) is 72.8 cm³/mol. The highest BCUT2D eigenvalue weighted by Crippen LogP contribution is 2.15. The first-order valence-electron chi connectivity index (χ1n) is 5.87. The van der Waals surface area contributed by atoms with Crippen molar-refractivity contribution in [2.75, 3.05) is 26.7 Å². The van der Waals surface area contributed by atoms with Crippen LogP contribution in [-0.4, -0.2) is 32.7 Å². The van der Waals surface area contributed by atoms with E-state index in [1.807, 2.05) is 30.3 Å². The van der Waals surface area contributed by atoms with Crippen LogP contribution in [0, 0.1) is 5.92 Å². The summed E-state index contributed by atoms with van der Waals surface area (Å²) in [7, 11) is 1.66. The van der Waals surface area contributed by atoms with Gasteiger partial charge in [0.25, 0.3) is 0 Å². The smallest absolute Gasteiger partial charge is 0.225 e. The highest BCUT2D eigenvalue weighted by atomic mass is 35.5. The maximum absolute atomic E-state index is 11.7. The second-order valence-corrected chi connectivity index (χ2v) is 4.24.